The van der Waals surface area contributed by atoms with Crippen molar-refractivity contribution in [2.24, 2.45) is 5.92 Å². The van der Waals surface area contributed by atoms with Crippen LogP contribution in [0.5, 0.6) is 5.75 Å². The zero-order chi connectivity index (χ0) is 27.9. The summed E-state index contributed by atoms with van der Waals surface area (Å²) in [7, 11) is 1.62. The highest BCUT2D eigenvalue weighted by Crippen LogP contribution is 2.34. The average molecular weight is 539 g/mol. The first-order valence-electron chi connectivity index (χ1n) is 13.8. The molecule has 2 aliphatic rings. The molecule has 0 bridgehead atoms. The predicted octanol–water partition coefficient (Wildman–Crippen LogP) is 2.77. The molecule has 3 N–H and O–H groups in total. The van der Waals surface area contributed by atoms with Gasteiger partial charge in [-0.15, -0.1) is 0 Å². The monoisotopic (exact) mass is 538 g/mol. The minimum absolute atomic E-state index is 0.118. The van der Waals surface area contributed by atoms with Crippen LogP contribution in [0.3, 0.4) is 0 Å². The number of para-hydroxylation sites is 1. The van der Waals surface area contributed by atoms with Crippen LogP contribution in [0.1, 0.15) is 50.2 Å². The normalized spacial score (nSPS) is 25.9. The standard InChI is InChI=1S/C30H39FN4O4/c1-19-14-15-33-29(37)25(18-21-8-12-23(31)13-9-21)34-28(36)20(2)35(3)30(38)27(22-10-11-22)32-16-17-39-26-7-5-4-6-24(19)26/h4-9,12-13,19-20,22,25,27,32H,10-11,14-18H2,1-3H3,(H,33,37)(H,34,36)/t19?,20-,25-,27+/m1/s1. The topological polar surface area (TPSA) is 99.8 Å². The van der Waals surface area contributed by atoms with Gasteiger partial charge in [0.1, 0.15) is 30.3 Å². The van der Waals surface area contributed by atoms with E-state index < -0.39 is 24.0 Å². The van der Waals surface area contributed by atoms with Crippen molar-refractivity contribution in [3.63, 3.8) is 0 Å². The van der Waals surface area contributed by atoms with Crippen molar-refractivity contribution in [2.45, 2.75) is 63.6 Å². The number of nitrogens with zero attached hydrogens (tertiary/aromatic N) is 1. The van der Waals surface area contributed by atoms with Gasteiger partial charge in [-0.05, 0) is 67.3 Å². The fraction of sp³-hybridized carbons (Fsp3) is 0.500. The second kappa shape index (κ2) is 13.1. The third kappa shape index (κ3) is 7.56. The van der Waals surface area contributed by atoms with Crippen LogP contribution >= 0.6 is 0 Å². The highest BCUT2D eigenvalue weighted by Gasteiger charge is 2.39. The molecule has 3 amide bonds. The largest absolute Gasteiger partial charge is 0.492 e. The molecule has 1 unspecified atom stereocenters. The van der Waals surface area contributed by atoms with Gasteiger partial charge in [0.25, 0.3) is 0 Å². The Kier molecular flexibility index (Phi) is 9.56. The molecule has 9 heteroatoms. The van der Waals surface area contributed by atoms with E-state index in [9.17, 15) is 18.8 Å². The van der Waals surface area contributed by atoms with Gasteiger partial charge in [-0.3, -0.25) is 14.4 Å². The number of carbonyl (C=O) groups is 3. The van der Waals surface area contributed by atoms with Gasteiger partial charge in [-0.2, -0.15) is 0 Å². The summed E-state index contributed by atoms with van der Waals surface area (Å²) < 4.78 is 19.6. The Morgan fingerprint density at radius 3 is 2.38 bits per heavy atom. The quantitative estimate of drug-likeness (QED) is 0.558. The second-order valence-corrected chi connectivity index (χ2v) is 10.7. The summed E-state index contributed by atoms with van der Waals surface area (Å²) in [5.74, 6) is -0.143. The van der Waals surface area contributed by atoms with Crippen LogP contribution < -0.4 is 20.7 Å². The highest BCUT2D eigenvalue weighted by molar-refractivity contribution is 5.93. The fourth-order valence-electron chi connectivity index (χ4n) is 4.91. The number of fused-ring (bicyclic) bond motifs is 1. The third-order valence-electron chi connectivity index (χ3n) is 7.70. The number of hydrogen-bond donors (Lipinski definition) is 3. The zero-order valence-corrected chi connectivity index (χ0v) is 22.9. The lowest BCUT2D eigenvalue weighted by Gasteiger charge is -2.30. The molecule has 0 aromatic heterocycles. The molecular formula is C30H39FN4O4. The molecule has 210 valence electrons. The Balaban J connectivity index is 1.57. The van der Waals surface area contributed by atoms with Gasteiger partial charge in [-0.1, -0.05) is 37.3 Å². The van der Waals surface area contributed by atoms with E-state index in [0.29, 0.717) is 31.7 Å². The summed E-state index contributed by atoms with van der Waals surface area (Å²) >= 11 is 0. The van der Waals surface area contributed by atoms with E-state index >= 15 is 0 Å². The molecule has 1 heterocycles. The number of halogens is 1. The molecule has 4 rings (SSSR count). The molecule has 2 aromatic rings. The minimum atomic E-state index is -0.879. The summed E-state index contributed by atoms with van der Waals surface area (Å²) in [6, 6.07) is 11.7. The first kappa shape index (κ1) is 28.5. The minimum Gasteiger partial charge on any atom is -0.492 e. The van der Waals surface area contributed by atoms with Crippen LogP contribution in [-0.2, 0) is 20.8 Å². The molecular weight excluding hydrogens is 499 g/mol. The maximum Gasteiger partial charge on any atom is 0.243 e. The van der Waals surface area contributed by atoms with Gasteiger partial charge >= 0.3 is 0 Å². The van der Waals surface area contributed by atoms with Crippen LogP contribution in [0.2, 0.25) is 0 Å². The van der Waals surface area contributed by atoms with E-state index in [1.165, 1.54) is 17.0 Å². The maximum atomic E-state index is 13.5. The van der Waals surface area contributed by atoms with Gasteiger partial charge < -0.3 is 25.6 Å². The maximum absolute atomic E-state index is 13.5. The van der Waals surface area contributed by atoms with E-state index in [1.807, 2.05) is 24.3 Å². The lowest BCUT2D eigenvalue weighted by atomic mass is 9.96. The van der Waals surface area contributed by atoms with E-state index in [-0.39, 0.29) is 35.9 Å². The Labute approximate surface area is 229 Å². The molecule has 0 radical (unpaired) electrons. The van der Waals surface area contributed by atoms with Crippen LogP contribution in [0.25, 0.3) is 0 Å². The van der Waals surface area contributed by atoms with Gasteiger partial charge in [0.15, 0.2) is 0 Å². The Bertz CT molecular complexity index is 1150. The number of carbonyl (C=O) groups excluding carboxylic acids is 3. The van der Waals surface area contributed by atoms with Crippen molar-refractivity contribution in [3.8, 4) is 5.75 Å². The van der Waals surface area contributed by atoms with Crippen LogP contribution in [0.4, 0.5) is 4.39 Å². The molecule has 39 heavy (non-hydrogen) atoms. The Hall–Kier alpha value is -3.46. The van der Waals surface area contributed by atoms with E-state index in [2.05, 4.69) is 22.9 Å². The van der Waals surface area contributed by atoms with Crippen molar-refractivity contribution in [1.29, 1.82) is 0 Å². The van der Waals surface area contributed by atoms with Gasteiger partial charge in [0.2, 0.25) is 17.7 Å². The number of ether oxygens (including phenoxy) is 1. The van der Waals surface area contributed by atoms with E-state index in [1.54, 1.807) is 26.1 Å². The lowest BCUT2D eigenvalue weighted by Crippen LogP contribution is -2.56. The highest BCUT2D eigenvalue weighted by atomic mass is 19.1. The fourth-order valence-corrected chi connectivity index (χ4v) is 4.91. The van der Waals surface area contributed by atoms with Gasteiger partial charge in [0.05, 0.1) is 6.04 Å². The lowest BCUT2D eigenvalue weighted by molar-refractivity contribution is -0.141. The first-order valence-corrected chi connectivity index (χ1v) is 13.8. The summed E-state index contributed by atoms with van der Waals surface area (Å²) in [5, 5.41) is 9.15. The molecule has 2 aromatic carbocycles. The van der Waals surface area contributed by atoms with Crippen LogP contribution in [-0.4, -0.2) is 67.5 Å². The summed E-state index contributed by atoms with van der Waals surface area (Å²) in [6.45, 7) is 5.05. The third-order valence-corrected chi connectivity index (χ3v) is 7.70. The van der Waals surface area contributed by atoms with Crippen LogP contribution in [0, 0.1) is 11.7 Å². The summed E-state index contributed by atoms with van der Waals surface area (Å²) in [4.78, 5) is 41.4. The molecule has 1 aliphatic carbocycles. The predicted molar refractivity (Wildman–Crippen MR) is 147 cm³/mol. The molecule has 4 atom stereocenters. The van der Waals surface area contributed by atoms with Crippen molar-refractivity contribution >= 4 is 17.7 Å². The molecule has 0 saturated heterocycles. The summed E-state index contributed by atoms with van der Waals surface area (Å²) in [6.07, 6.45) is 2.79. The molecule has 0 spiro atoms. The molecule has 1 fully saturated rings. The Morgan fingerprint density at radius 1 is 0.949 bits per heavy atom. The van der Waals surface area contributed by atoms with Gasteiger partial charge in [-0.25, -0.2) is 4.39 Å². The Morgan fingerprint density at radius 2 is 1.67 bits per heavy atom. The SMILES string of the molecule is CC1CCNC(=O)[C@@H](Cc2ccc(F)cc2)NC(=O)[C@@H](C)N(C)C(=O)[C@H](C2CC2)NCCOc2ccccc21. The second-order valence-electron chi connectivity index (χ2n) is 10.7. The molecule has 8 nitrogen and oxygen atoms in total. The number of amides is 3. The first-order chi connectivity index (χ1) is 18.7. The van der Waals surface area contributed by atoms with Crippen molar-refractivity contribution < 1.29 is 23.5 Å². The van der Waals surface area contributed by atoms with Crippen molar-refractivity contribution in [1.82, 2.24) is 20.9 Å². The number of nitrogens with one attached hydrogen (secondary N) is 3. The average Bonchev–Trinajstić information content (AvgIpc) is 3.77. The van der Waals surface area contributed by atoms with Crippen LogP contribution in [0.15, 0.2) is 48.5 Å². The molecule has 1 saturated carbocycles. The van der Waals surface area contributed by atoms with Crippen molar-refractivity contribution in [3.05, 3.63) is 65.5 Å². The van der Waals surface area contributed by atoms with Crippen molar-refractivity contribution in [2.75, 3.05) is 26.7 Å². The molecule has 1 aliphatic heterocycles. The van der Waals surface area contributed by atoms with E-state index in [0.717, 1.165) is 24.2 Å². The number of rotatable bonds is 3. The number of benzene rings is 2. The smallest absolute Gasteiger partial charge is 0.243 e. The van der Waals surface area contributed by atoms with Gasteiger partial charge in [0, 0.05) is 26.6 Å². The number of hydrogen-bond acceptors (Lipinski definition) is 5. The zero-order valence-electron chi connectivity index (χ0n) is 22.9. The van der Waals surface area contributed by atoms with E-state index in [4.69, 9.17) is 4.74 Å². The summed E-state index contributed by atoms with van der Waals surface area (Å²) in [5.41, 5.74) is 1.76. The number of likely N-dealkylation sites (N-methyl/N-ethyl adjacent to an activating group) is 1.